The minimum atomic E-state index is -0.261. The van der Waals surface area contributed by atoms with Crippen LogP contribution in [0.2, 0.25) is 0 Å². The lowest BCUT2D eigenvalue weighted by Gasteiger charge is -2.31. The maximum Gasteiger partial charge on any atom is 0.276 e. The number of rotatable bonds is 5. The first-order chi connectivity index (χ1) is 15.0. The van der Waals surface area contributed by atoms with Gasteiger partial charge in [0.1, 0.15) is 11.5 Å². The lowest BCUT2D eigenvalue weighted by Crippen LogP contribution is -2.44. The van der Waals surface area contributed by atoms with Crippen molar-refractivity contribution in [2.75, 3.05) is 25.5 Å². The van der Waals surface area contributed by atoms with Gasteiger partial charge in [-0.2, -0.15) is 0 Å². The molecule has 4 rings (SSSR count). The van der Waals surface area contributed by atoms with Gasteiger partial charge >= 0.3 is 0 Å². The highest BCUT2D eigenvalue weighted by atomic mass is 16.5. The second-order valence-electron chi connectivity index (χ2n) is 7.65. The standard InChI is InChI=1S/C24H25N3O4/c1-16-22(25-15-31-16)24(29)27-12-4-6-19(14-27)23(28)26-20-10-8-17(9-11-20)18-5-3-7-21(13-18)30-2/h3,5,7-11,13,15,19H,4,6,12,14H2,1-2H3,(H,26,28)/t19-/m0/s1. The first-order valence-corrected chi connectivity index (χ1v) is 10.3. The van der Waals surface area contributed by atoms with Crippen molar-refractivity contribution in [3.63, 3.8) is 0 Å². The summed E-state index contributed by atoms with van der Waals surface area (Å²) in [6, 6.07) is 15.5. The number of nitrogens with zero attached hydrogens (tertiary/aromatic N) is 2. The van der Waals surface area contributed by atoms with Gasteiger partial charge in [0.25, 0.3) is 5.91 Å². The maximum absolute atomic E-state index is 12.8. The van der Waals surface area contributed by atoms with Crippen LogP contribution in [0.5, 0.6) is 5.75 Å². The van der Waals surface area contributed by atoms with Crippen LogP contribution >= 0.6 is 0 Å². The molecule has 1 fully saturated rings. The highest BCUT2D eigenvalue weighted by Crippen LogP contribution is 2.26. The zero-order chi connectivity index (χ0) is 21.8. The fraction of sp³-hybridized carbons (Fsp3) is 0.292. The van der Waals surface area contributed by atoms with Gasteiger partial charge in [-0.25, -0.2) is 4.98 Å². The number of carbonyl (C=O) groups is 2. The number of methoxy groups -OCH3 is 1. The van der Waals surface area contributed by atoms with E-state index >= 15 is 0 Å². The first kappa shape index (κ1) is 20.7. The minimum Gasteiger partial charge on any atom is -0.497 e. The number of nitrogens with one attached hydrogen (secondary N) is 1. The summed E-state index contributed by atoms with van der Waals surface area (Å²) in [4.78, 5) is 31.2. The van der Waals surface area contributed by atoms with Gasteiger partial charge < -0.3 is 19.4 Å². The Balaban J connectivity index is 1.39. The largest absolute Gasteiger partial charge is 0.497 e. The van der Waals surface area contributed by atoms with E-state index in [-0.39, 0.29) is 17.7 Å². The Morgan fingerprint density at radius 1 is 1.16 bits per heavy atom. The molecule has 0 radical (unpaired) electrons. The molecule has 0 spiro atoms. The van der Waals surface area contributed by atoms with Crippen molar-refractivity contribution in [2.24, 2.45) is 5.92 Å². The molecule has 1 saturated heterocycles. The van der Waals surface area contributed by atoms with Crippen LogP contribution in [0.4, 0.5) is 5.69 Å². The molecule has 160 valence electrons. The topological polar surface area (TPSA) is 84.7 Å². The molecular formula is C24H25N3O4. The van der Waals surface area contributed by atoms with E-state index in [4.69, 9.17) is 9.15 Å². The monoisotopic (exact) mass is 419 g/mol. The Morgan fingerprint density at radius 3 is 2.68 bits per heavy atom. The molecule has 0 aliphatic carbocycles. The summed E-state index contributed by atoms with van der Waals surface area (Å²) in [6.45, 7) is 2.70. The minimum absolute atomic E-state index is 0.0801. The van der Waals surface area contributed by atoms with Crippen LogP contribution < -0.4 is 10.1 Å². The molecule has 2 aromatic carbocycles. The number of ether oxygens (including phenoxy) is 1. The number of amides is 2. The summed E-state index contributed by atoms with van der Waals surface area (Å²) in [6.07, 6.45) is 2.79. The zero-order valence-electron chi connectivity index (χ0n) is 17.6. The highest BCUT2D eigenvalue weighted by molar-refractivity contribution is 5.95. The quantitative estimate of drug-likeness (QED) is 0.672. The number of aryl methyl sites for hydroxylation is 1. The molecule has 1 atom stereocenters. The average molecular weight is 419 g/mol. The molecule has 1 aliphatic heterocycles. The van der Waals surface area contributed by atoms with E-state index in [1.165, 1.54) is 6.39 Å². The maximum atomic E-state index is 12.8. The van der Waals surface area contributed by atoms with Gasteiger partial charge in [0.2, 0.25) is 5.91 Å². The van der Waals surface area contributed by atoms with E-state index in [1.54, 1.807) is 18.9 Å². The van der Waals surface area contributed by atoms with Crippen molar-refractivity contribution >= 4 is 17.5 Å². The fourth-order valence-electron chi connectivity index (χ4n) is 3.83. The molecule has 3 aromatic rings. The molecule has 2 heterocycles. The van der Waals surface area contributed by atoms with Crippen molar-refractivity contribution in [2.45, 2.75) is 19.8 Å². The van der Waals surface area contributed by atoms with Gasteiger partial charge in [-0.05, 0) is 55.2 Å². The van der Waals surface area contributed by atoms with Crippen molar-refractivity contribution in [1.29, 1.82) is 0 Å². The van der Waals surface area contributed by atoms with Crippen molar-refractivity contribution in [3.05, 3.63) is 66.4 Å². The fourth-order valence-corrected chi connectivity index (χ4v) is 3.83. The molecule has 2 amide bonds. The van der Waals surface area contributed by atoms with E-state index in [2.05, 4.69) is 10.3 Å². The summed E-state index contributed by atoms with van der Waals surface area (Å²) in [5.74, 6) is 0.762. The lowest BCUT2D eigenvalue weighted by molar-refractivity contribution is -0.121. The van der Waals surface area contributed by atoms with Crippen LogP contribution in [-0.2, 0) is 4.79 Å². The third-order valence-corrected chi connectivity index (χ3v) is 5.58. The smallest absolute Gasteiger partial charge is 0.276 e. The molecule has 0 saturated carbocycles. The summed E-state index contributed by atoms with van der Waals surface area (Å²) in [7, 11) is 1.64. The third-order valence-electron chi connectivity index (χ3n) is 5.58. The molecule has 1 aliphatic rings. The molecule has 0 unspecified atom stereocenters. The number of piperidine rings is 1. The van der Waals surface area contributed by atoms with Gasteiger partial charge in [0.15, 0.2) is 12.1 Å². The van der Waals surface area contributed by atoms with Gasteiger partial charge in [0.05, 0.1) is 13.0 Å². The SMILES string of the molecule is COc1cccc(-c2ccc(NC(=O)[C@H]3CCCN(C(=O)c4ncoc4C)C3)cc2)c1. The number of aromatic nitrogens is 1. The Kier molecular flexibility index (Phi) is 6.02. The third kappa shape index (κ3) is 4.60. The molecule has 1 aromatic heterocycles. The Morgan fingerprint density at radius 2 is 1.97 bits per heavy atom. The Bertz CT molecular complexity index is 1070. The molecule has 1 N–H and O–H groups in total. The molecule has 7 nitrogen and oxygen atoms in total. The Labute approximate surface area is 181 Å². The second-order valence-corrected chi connectivity index (χ2v) is 7.65. The summed E-state index contributed by atoms with van der Waals surface area (Å²) in [5, 5.41) is 2.98. The Hall–Kier alpha value is -3.61. The summed E-state index contributed by atoms with van der Waals surface area (Å²) < 4.78 is 10.4. The number of benzene rings is 2. The molecule has 31 heavy (non-hydrogen) atoms. The van der Waals surface area contributed by atoms with E-state index < -0.39 is 0 Å². The normalized spacial score (nSPS) is 16.1. The first-order valence-electron chi connectivity index (χ1n) is 10.3. The molecular weight excluding hydrogens is 394 g/mol. The van der Waals surface area contributed by atoms with Gasteiger partial charge in [0, 0.05) is 18.8 Å². The van der Waals surface area contributed by atoms with Crippen molar-refractivity contribution < 1.29 is 18.7 Å². The van der Waals surface area contributed by atoms with Crippen LogP contribution in [-0.4, -0.2) is 41.9 Å². The van der Waals surface area contributed by atoms with Gasteiger partial charge in [-0.3, -0.25) is 9.59 Å². The molecule has 7 heteroatoms. The van der Waals surface area contributed by atoms with Crippen LogP contribution in [0.3, 0.4) is 0 Å². The van der Waals surface area contributed by atoms with E-state index in [0.29, 0.717) is 24.5 Å². The van der Waals surface area contributed by atoms with Crippen molar-refractivity contribution in [3.8, 4) is 16.9 Å². The number of anilines is 1. The average Bonchev–Trinajstić information content (AvgIpc) is 3.25. The van der Waals surface area contributed by atoms with Crippen LogP contribution in [0.1, 0.15) is 29.1 Å². The predicted molar refractivity (Wildman–Crippen MR) is 117 cm³/mol. The second kappa shape index (κ2) is 9.04. The van der Waals surface area contributed by atoms with Gasteiger partial charge in [-0.1, -0.05) is 24.3 Å². The number of hydrogen-bond acceptors (Lipinski definition) is 5. The van der Waals surface area contributed by atoms with Crippen molar-refractivity contribution in [1.82, 2.24) is 9.88 Å². The summed E-state index contributed by atoms with van der Waals surface area (Å²) >= 11 is 0. The number of carbonyl (C=O) groups excluding carboxylic acids is 2. The molecule has 0 bridgehead atoms. The number of likely N-dealkylation sites (tertiary alicyclic amines) is 1. The lowest BCUT2D eigenvalue weighted by atomic mass is 9.96. The number of oxazole rings is 1. The zero-order valence-corrected chi connectivity index (χ0v) is 17.6. The summed E-state index contributed by atoms with van der Waals surface area (Å²) in [5.41, 5.74) is 3.12. The number of hydrogen-bond donors (Lipinski definition) is 1. The van der Waals surface area contributed by atoms with E-state index in [1.807, 2.05) is 48.5 Å². The van der Waals surface area contributed by atoms with Gasteiger partial charge in [-0.15, -0.1) is 0 Å². The van der Waals surface area contributed by atoms with Crippen LogP contribution in [0.15, 0.2) is 59.3 Å². The van der Waals surface area contributed by atoms with Crippen LogP contribution in [0.25, 0.3) is 11.1 Å². The van der Waals surface area contributed by atoms with Crippen LogP contribution in [0, 0.1) is 12.8 Å². The predicted octanol–water partition coefficient (Wildman–Crippen LogP) is 4.15. The highest BCUT2D eigenvalue weighted by Gasteiger charge is 2.30. The van der Waals surface area contributed by atoms with E-state index in [9.17, 15) is 9.59 Å². The van der Waals surface area contributed by atoms with E-state index in [0.717, 1.165) is 35.4 Å².